The summed E-state index contributed by atoms with van der Waals surface area (Å²) in [6.07, 6.45) is 3.62. The topological polar surface area (TPSA) is 35.2 Å². The van der Waals surface area contributed by atoms with Gasteiger partial charge in [0.25, 0.3) is 0 Å². The summed E-state index contributed by atoms with van der Waals surface area (Å²) >= 11 is 0. The van der Waals surface area contributed by atoms with E-state index in [2.05, 4.69) is 30.8 Å². The number of allylic oxidation sites excluding steroid dienone is 1. The molecular formula is C15H21NO. The highest BCUT2D eigenvalue weighted by molar-refractivity contribution is 5.61. The molecule has 1 aliphatic carbocycles. The van der Waals surface area contributed by atoms with E-state index in [1.54, 1.807) is 0 Å². The molecule has 2 atom stereocenters. The van der Waals surface area contributed by atoms with Gasteiger partial charge in [-0.25, -0.2) is 0 Å². The van der Waals surface area contributed by atoms with Gasteiger partial charge in [0.1, 0.15) is 0 Å². The van der Waals surface area contributed by atoms with Crippen molar-refractivity contribution in [3.63, 3.8) is 0 Å². The van der Waals surface area contributed by atoms with Crippen LogP contribution in [0.15, 0.2) is 30.8 Å². The van der Waals surface area contributed by atoms with E-state index in [0.717, 1.165) is 18.4 Å². The molecule has 2 heteroatoms. The molecule has 92 valence electrons. The molecule has 1 aromatic rings. The Hall–Kier alpha value is -1.12. The Labute approximate surface area is 103 Å². The minimum Gasteiger partial charge on any atom is -0.372 e. The zero-order valence-corrected chi connectivity index (χ0v) is 10.5. The van der Waals surface area contributed by atoms with Gasteiger partial charge in [0, 0.05) is 6.04 Å². The number of nitrogens with two attached hydrogens (primary N) is 1. The van der Waals surface area contributed by atoms with Crippen molar-refractivity contribution in [3.8, 4) is 0 Å². The predicted molar refractivity (Wildman–Crippen MR) is 71.6 cm³/mol. The van der Waals surface area contributed by atoms with Crippen LogP contribution in [0.3, 0.4) is 0 Å². The molecule has 0 bridgehead atoms. The van der Waals surface area contributed by atoms with Crippen LogP contribution in [0, 0.1) is 0 Å². The Morgan fingerprint density at radius 3 is 2.94 bits per heavy atom. The molecule has 1 unspecified atom stereocenters. The zero-order chi connectivity index (χ0) is 12.3. The highest BCUT2D eigenvalue weighted by atomic mass is 16.5. The van der Waals surface area contributed by atoms with Gasteiger partial charge in [-0.3, -0.25) is 0 Å². The highest BCUT2D eigenvalue weighted by Crippen LogP contribution is 2.22. The third kappa shape index (κ3) is 3.18. The Morgan fingerprint density at radius 1 is 1.47 bits per heavy atom. The molecule has 2 nitrogen and oxygen atoms in total. The fourth-order valence-corrected chi connectivity index (χ4v) is 2.29. The number of benzene rings is 1. The normalized spacial score (nSPS) is 23.9. The first-order valence-corrected chi connectivity index (χ1v) is 6.29. The molecule has 17 heavy (non-hydrogen) atoms. The summed E-state index contributed by atoms with van der Waals surface area (Å²) in [6.45, 7) is 6.63. The zero-order valence-electron chi connectivity index (χ0n) is 10.5. The van der Waals surface area contributed by atoms with Crippen LogP contribution in [0.5, 0.6) is 0 Å². The van der Waals surface area contributed by atoms with Gasteiger partial charge in [-0.15, -0.1) is 0 Å². The first-order valence-electron chi connectivity index (χ1n) is 6.29. The van der Waals surface area contributed by atoms with E-state index in [-0.39, 0.29) is 12.1 Å². The Kier molecular flexibility index (Phi) is 3.97. The molecule has 1 aliphatic rings. The second-order valence-corrected chi connectivity index (χ2v) is 4.92. The molecule has 1 aromatic carbocycles. The third-order valence-corrected chi connectivity index (χ3v) is 3.39. The fraction of sp³-hybridized carbons (Fsp3) is 0.467. The lowest BCUT2D eigenvalue weighted by Crippen LogP contribution is -2.31. The van der Waals surface area contributed by atoms with Crippen LogP contribution in [-0.4, -0.2) is 12.1 Å². The molecule has 1 saturated carbocycles. The van der Waals surface area contributed by atoms with Gasteiger partial charge in [0.05, 0.1) is 12.7 Å². The summed E-state index contributed by atoms with van der Waals surface area (Å²) in [6, 6.07) is 8.58. The Bertz CT molecular complexity index is 400. The van der Waals surface area contributed by atoms with Crippen LogP contribution < -0.4 is 5.73 Å². The van der Waals surface area contributed by atoms with Gasteiger partial charge in [0.2, 0.25) is 0 Å². The van der Waals surface area contributed by atoms with Gasteiger partial charge in [-0.05, 0) is 43.4 Å². The van der Waals surface area contributed by atoms with Crippen molar-refractivity contribution >= 4 is 5.57 Å². The monoisotopic (exact) mass is 231 g/mol. The summed E-state index contributed by atoms with van der Waals surface area (Å²) in [7, 11) is 0. The minimum atomic E-state index is 0.222. The maximum Gasteiger partial charge on any atom is 0.0730 e. The second kappa shape index (κ2) is 5.48. The molecule has 0 saturated heterocycles. The smallest absolute Gasteiger partial charge is 0.0730 e. The fourth-order valence-electron chi connectivity index (χ4n) is 2.29. The van der Waals surface area contributed by atoms with Crippen LogP contribution >= 0.6 is 0 Å². The van der Waals surface area contributed by atoms with E-state index in [4.69, 9.17) is 10.5 Å². The summed E-state index contributed by atoms with van der Waals surface area (Å²) in [5.41, 5.74) is 9.45. The molecule has 2 N–H and O–H groups in total. The summed E-state index contributed by atoms with van der Waals surface area (Å²) in [5.74, 6) is 0. The van der Waals surface area contributed by atoms with Crippen LogP contribution in [0.25, 0.3) is 5.57 Å². The molecule has 0 spiro atoms. The highest BCUT2D eigenvalue weighted by Gasteiger charge is 2.24. The maximum atomic E-state index is 5.98. The summed E-state index contributed by atoms with van der Waals surface area (Å²) in [5, 5.41) is 0. The van der Waals surface area contributed by atoms with Crippen LogP contribution in [0.2, 0.25) is 0 Å². The van der Waals surface area contributed by atoms with Crippen molar-refractivity contribution < 1.29 is 4.74 Å². The molecule has 1 fully saturated rings. The summed E-state index contributed by atoms with van der Waals surface area (Å²) in [4.78, 5) is 0. The predicted octanol–water partition coefficient (Wildman–Crippen LogP) is 3.12. The average molecular weight is 231 g/mol. The van der Waals surface area contributed by atoms with E-state index in [9.17, 15) is 0 Å². The van der Waals surface area contributed by atoms with Gasteiger partial charge in [-0.2, -0.15) is 0 Å². The average Bonchev–Trinajstić information content (AvgIpc) is 2.72. The van der Waals surface area contributed by atoms with Crippen molar-refractivity contribution in [2.75, 3.05) is 0 Å². The molecule has 0 aliphatic heterocycles. The Morgan fingerprint density at radius 2 is 2.29 bits per heavy atom. The van der Waals surface area contributed by atoms with Crippen molar-refractivity contribution in [2.24, 2.45) is 5.73 Å². The maximum absolute atomic E-state index is 5.98. The number of ether oxygens (including phenoxy) is 1. The van der Waals surface area contributed by atoms with Crippen LogP contribution in [-0.2, 0) is 11.3 Å². The molecule has 0 heterocycles. The van der Waals surface area contributed by atoms with E-state index in [0.29, 0.717) is 6.61 Å². The third-order valence-electron chi connectivity index (χ3n) is 3.39. The Balaban J connectivity index is 1.94. The van der Waals surface area contributed by atoms with E-state index >= 15 is 0 Å². The standard InChI is InChI=1S/C15H21NO/c1-11(2)13-6-3-5-12(9-13)10-17-15-8-4-7-14(15)16/h3,5-6,9,14-15H,1,4,7-8,10,16H2,2H3/t14?,15-/m0/s1. The quantitative estimate of drug-likeness (QED) is 0.864. The number of hydrogen-bond donors (Lipinski definition) is 1. The van der Waals surface area contributed by atoms with Crippen molar-refractivity contribution in [1.82, 2.24) is 0 Å². The van der Waals surface area contributed by atoms with Crippen molar-refractivity contribution in [2.45, 2.75) is 44.9 Å². The van der Waals surface area contributed by atoms with Crippen molar-refractivity contribution in [3.05, 3.63) is 42.0 Å². The second-order valence-electron chi connectivity index (χ2n) is 4.92. The van der Waals surface area contributed by atoms with Gasteiger partial charge in [0.15, 0.2) is 0 Å². The van der Waals surface area contributed by atoms with Gasteiger partial charge in [-0.1, -0.05) is 30.4 Å². The van der Waals surface area contributed by atoms with Gasteiger partial charge >= 0.3 is 0 Å². The lowest BCUT2D eigenvalue weighted by atomic mass is 10.1. The largest absolute Gasteiger partial charge is 0.372 e. The first-order chi connectivity index (χ1) is 8.16. The first kappa shape index (κ1) is 12.3. The molecule has 0 amide bonds. The number of rotatable bonds is 4. The van der Waals surface area contributed by atoms with E-state index < -0.39 is 0 Å². The van der Waals surface area contributed by atoms with E-state index in [1.165, 1.54) is 17.5 Å². The molecule has 2 rings (SSSR count). The van der Waals surface area contributed by atoms with E-state index in [1.807, 2.05) is 6.92 Å². The SMILES string of the molecule is C=C(C)c1cccc(CO[C@H]2CCCC2N)c1. The summed E-state index contributed by atoms with van der Waals surface area (Å²) < 4.78 is 5.88. The molecule has 0 aromatic heterocycles. The van der Waals surface area contributed by atoms with Crippen LogP contribution in [0.4, 0.5) is 0 Å². The van der Waals surface area contributed by atoms with Crippen LogP contribution in [0.1, 0.15) is 37.3 Å². The lowest BCUT2D eigenvalue weighted by molar-refractivity contribution is 0.0357. The molecular weight excluding hydrogens is 210 g/mol. The van der Waals surface area contributed by atoms with Gasteiger partial charge < -0.3 is 10.5 Å². The lowest BCUT2D eigenvalue weighted by Gasteiger charge is -2.16. The minimum absolute atomic E-state index is 0.222. The number of hydrogen-bond acceptors (Lipinski definition) is 2. The van der Waals surface area contributed by atoms with Crippen molar-refractivity contribution in [1.29, 1.82) is 0 Å². The molecule has 0 radical (unpaired) electrons.